The largest absolute Gasteiger partial charge is 0.196 e. The minimum absolute atomic E-state index is 0.306. The van der Waals surface area contributed by atoms with E-state index in [0.29, 0.717) is 5.92 Å². The molecule has 0 aromatic carbocycles. The van der Waals surface area contributed by atoms with Crippen molar-refractivity contribution in [2.24, 2.45) is 23.7 Å². The molecule has 22 heavy (non-hydrogen) atoms. The van der Waals surface area contributed by atoms with Crippen LogP contribution in [0.2, 0.25) is 0 Å². The lowest BCUT2D eigenvalue weighted by atomic mass is 9.75. The van der Waals surface area contributed by atoms with E-state index in [1.165, 1.54) is 64.2 Å². The third kappa shape index (κ3) is 5.75. The van der Waals surface area contributed by atoms with E-state index < -0.39 is 5.83 Å². The molecule has 0 unspecified atom stereocenters. The molecule has 0 bridgehead atoms. The first-order chi connectivity index (χ1) is 10.7. The van der Waals surface area contributed by atoms with Crippen LogP contribution in [0.5, 0.6) is 0 Å². The number of nitrogens with zero attached hydrogens (tertiary/aromatic N) is 1. The van der Waals surface area contributed by atoms with Gasteiger partial charge in [0.25, 0.3) is 0 Å². The molecule has 0 aliphatic heterocycles. The molecule has 2 heteroatoms. The van der Waals surface area contributed by atoms with E-state index in [4.69, 9.17) is 5.26 Å². The Labute approximate surface area is 136 Å². The Morgan fingerprint density at radius 1 is 0.909 bits per heavy atom. The Bertz CT molecular complexity index is 379. The molecule has 0 aromatic heterocycles. The van der Waals surface area contributed by atoms with Crippen molar-refractivity contribution in [1.82, 2.24) is 0 Å². The topological polar surface area (TPSA) is 23.8 Å². The second-order valence-corrected chi connectivity index (χ2v) is 7.66. The average molecular weight is 305 g/mol. The van der Waals surface area contributed by atoms with E-state index in [0.717, 1.165) is 30.6 Å². The highest BCUT2D eigenvalue weighted by Crippen LogP contribution is 2.37. The van der Waals surface area contributed by atoms with Crippen molar-refractivity contribution in [3.8, 4) is 6.07 Å². The molecule has 2 rings (SSSR count). The number of hydrogen-bond acceptors (Lipinski definition) is 1. The van der Waals surface area contributed by atoms with Crippen LogP contribution in [-0.4, -0.2) is 0 Å². The van der Waals surface area contributed by atoms with Gasteiger partial charge in [0.1, 0.15) is 6.07 Å². The lowest BCUT2D eigenvalue weighted by Gasteiger charge is -2.31. The highest BCUT2D eigenvalue weighted by molar-refractivity contribution is 5.13. The van der Waals surface area contributed by atoms with E-state index in [1.54, 1.807) is 12.1 Å². The van der Waals surface area contributed by atoms with Crippen molar-refractivity contribution >= 4 is 0 Å². The third-order valence-corrected chi connectivity index (χ3v) is 6.03. The minimum Gasteiger partial charge on any atom is -0.195 e. The van der Waals surface area contributed by atoms with Gasteiger partial charge in [-0.1, -0.05) is 58.3 Å². The summed E-state index contributed by atoms with van der Waals surface area (Å²) in [5.41, 5.74) is 0. The van der Waals surface area contributed by atoms with Crippen LogP contribution >= 0.6 is 0 Å². The minimum atomic E-state index is -0.590. The number of nitriles is 1. The van der Waals surface area contributed by atoms with Crippen molar-refractivity contribution in [3.63, 3.8) is 0 Å². The second kappa shape index (κ2) is 9.33. The average Bonchev–Trinajstić information content (AvgIpc) is 2.56. The molecule has 2 fully saturated rings. The van der Waals surface area contributed by atoms with Crippen molar-refractivity contribution in [1.29, 1.82) is 5.26 Å². The molecule has 0 saturated heterocycles. The molecule has 0 amide bonds. The maximum Gasteiger partial charge on any atom is 0.196 e. The number of halogens is 1. The predicted octanol–water partition coefficient (Wildman–Crippen LogP) is 6.56. The van der Waals surface area contributed by atoms with Gasteiger partial charge in [-0.3, -0.25) is 0 Å². The summed E-state index contributed by atoms with van der Waals surface area (Å²) in [6, 6.07) is 1.60. The molecule has 2 aliphatic rings. The number of rotatable bonds is 6. The molecule has 0 spiro atoms. The van der Waals surface area contributed by atoms with Gasteiger partial charge >= 0.3 is 0 Å². The summed E-state index contributed by atoms with van der Waals surface area (Å²) in [7, 11) is 0. The molecule has 1 nitrogen and oxygen atoms in total. The number of allylic oxidation sites excluding steroid dienone is 2. The Morgan fingerprint density at radius 3 is 1.82 bits per heavy atom. The van der Waals surface area contributed by atoms with Crippen LogP contribution in [0.15, 0.2) is 11.9 Å². The van der Waals surface area contributed by atoms with Crippen molar-refractivity contribution in [2.45, 2.75) is 84.0 Å². The van der Waals surface area contributed by atoms with Crippen LogP contribution in [0.1, 0.15) is 84.0 Å². The molecule has 124 valence electrons. The van der Waals surface area contributed by atoms with Gasteiger partial charge in [-0.15, -0.1) is 0 Å². The van der Waals surface area contributed by atoms with Crippen LogP contribution in [0.4, 0.5) is 4.39 Å². The van der Waals surface area contributed by atoms with Gasteiger partial charge in [0.2, 0.25) is 0 Å². The van der Waals surface area contributed by atoms with Gasteiger partial charge in [-0.05, 0) is 55.4 Å². The molecule has 2 saturated carbocycles. The molecule has 0 atom stereocenters. The Hall–Kier alpha value is -0.840. The summed E-state index contributed by atoms with van der Waals surface area (Å²) in [6.45, 7) is 2.31. The summed E-state index contributed by atoms with van der Waals surface area (Å²) in [4.78, 5) is 0. The fourth-order valence-electron chi connectivity index (χ4n) is 4.58. The fraction of sp³-hybridized carbons (Fsp3) is 0.850. The van der Waals surface area contributed by atoms with Gasteiger partial charge in [-0.25, -0.2) is 0 Å². The van der Waals surface area contributed by atoms with Crippen molar-refractivity contribution < 1.29 is 4.39 Å². The zero-order chi connectivity index (χ0) is 15.8. The first-order valence-electron chi connectivity index (χ1n) is 9.48. The SMILES string of the molecule is CCCC1CCC(CCC2CCC(/C=C(/F)C#N)CC2)CC1. The predicted molar refractivity (Wildman–Crippen MR) is 89.8 cm³/mol. The monoisotopic (exact) mass is 305 g/mol. The van der Waals surface area contributed by atoms with E-state index in [-0.39, 0.29) is 0 Å². The summed E-state index contributed by atoms with van der Waals surface area (Å²) in [6.07, 6.45) is 17.5. The molecule has 2 aliphatic carbocycles. The molecular weight excluding hydrogens is 273 g/mol. The van der Waals surface area contributed by atoms with Crippen molar-refractivity contribution in [2.75, 3.05) is 0 Å². The quantitative estimate of drug-likeness (QED) is 0.510. The van der Waals surface area contributed by atoms with Crippen LogP contribution in [0.3, 0.4) is 0 Å². The second-order valence-electron chi connectivity index (χ2n) is 7.66. The van der Waals surface area contributed by atoms with E-state index in [9.17, 15) is 4.39 Å². The molecule has 0 heterocycles. The Morgan fingerprint density at radius 2 is 1.36 bits per heavy atom. The first kappa shape index (κ1) is 17.5. The van der Waals surface area contributed by atoms with Crippen LogP contribution in [0, 0.1) is 35.0 Å². The van der Waals surface area contributed by atoms with E-state index >= 15 is 0 Å². The fourth-order valence-corrected chi connectivity index (χ4v) is 4.58. The summed E-state index contributed by atoms with van der Waals surface area (Å²) in [5.74, 6) is 2.55. The zero-order valence-electron chi connectivity index (χ0n) is 14.2. The molecule has 0 aromatic rings. The summed E-state index contributed by atoms with van der Waals surface area (Å²) < 4.78 is 13.0. The normalized spacial score (nSPS) is 33.4. The molecule has 0 N–H and O–H groups in total. The Balaban J connectivity index is 1.61. The van der Waals surface area contributed by atoms with Gasteiger partial charge < -0.3 is 0 Å². The third-order valence-electron chi connectivity index (χ3n) is 6.03. The van der Waals surface area contributed by atoms with Crippen LogP contribution < -0.4 is 0 Å². The Kier molecular flexibility index (Phi) is 7.43. The lowest BCUT2D eigenvalue weighted by molar-refractivity contribution is 0.221. The highest BCUT2D eigenvalue weighted by atomic mass is 19.1. The van der Waals surface area contributed by atoms with Gasteiger partial charge in [0.15, 0.2) is 5.83 Å². The van der Waals surface area contributed by atoms with Gasteiger partial charge in [0.05, 0.1) is 0 Å². The highest BCUT2D eigenvalue weighted by Gasteiger charge is 2.24. The first-order valence-corrected chi connectivity index (χ1v) is 9.48. The molecule has 0 radical (unpaired) electrons. The maximum atomic E-state index is 13.0. The molecular formula is C20H32FN. The summed E-state index contributed by atoms with van der Waals surface area (Å²) in [5, 5.41) is 8.50. The smallest absolute Gasteiger partial charge is 0.195 e. The lowest BCUT2D eigenvalue weighted by Crippen LogP contribution is -2.17. The van der Waals surface area contributed by atoms with E-state index in [1.807, 2.05) is 0 Å². The van der Waals surface area contributed by atoms with Crippen LogP contribution in [-0.2, 0) is 0 Å². The number of hydrogen-bond donors (Lipinski definition) is 0. The maximum absolute atomic E-state index is 13.0. The zero-order valence-corrected chi connectivity index (χ0v) is 14.2. The van der Waals surface area contributed by atoms with Crippen LogP contribution in [0.25, 0.3) is 0 Å². The van der Waals surface area contributed by atoms with E-state index in [2.05, 4.69) is 6.92 Å². The van der Waals surface area contributed by atoms with Gasteiger partial charge in [-0.2, -0.15) is 9.65 Å². The summed E-state index contributed by atoms with van der Waals surface area (Å²) >= 11 is 0. The van der Waals surface area contributed by atoms with Crippen molar-refractivity contribution in [3.05, 3.63) is 11.9 Å². The van der Waals surface area contributed by atoms with Gasteiger partial charge in [0, 0.05) is 0 Å². The standard InChI is InChI=1S/C20H32FN/c1-2-3-16-4-6-17(7-5-16)8-9-18-10-12-19(13-11-18)14-20(21)15-22/h14,16-19H,2-13H2,1H3/b20-14+.